The van der Waals surface area contributed by atoms with Gasteiger partial charge in [0.1, 0.15) is 0 Å². The van der Waals surface area contributed by atoms with E-state index >= 15 is 0 Å². The Kier molecular flexibility index (Phi) is 5.12. The molecule has 1 saturated heterocycles. The van der Waals surface area contributed by atoms with E-state index < -0.39 is 0 Å². The quantitative estimate of drug-likeness (QED) is 0.792. The molecule has 0 aliphatic carbocycles. The van der Waals surface area contributed by atoms with Gasteiger partial charge < -0.3 is 14.7 Å². The second-order valence-electron chi connectivity index (χ2n) is 4.29. The molecule has 106 valence electrons. The molecule has 1 aliphatic heterocycles. The van der Waals surface area contributed by atoms with Gasteiger partial charge in [0.05, 0.1) is 13.2 Å². The van der Waals surface area contributed by atoms with Crippen LogP contribution in [0, 0.1) is 0 Å². The molecular weight excluding hydrogens is 266 g/mol. The van der Waals surface area contributed by atoms with Gasteiger partial charge in [-0.3, -0.25) is 4.90 Å². The summed E-state index contributed by atoms with van der Waals surface area (Å²) in [6, 6.07) is 0. The van der Waals surface area contributed by atoms with Crippen LogP contribution in [0.15, 0.2) is 5.38 Å². The fourth-order valence-corrected chi connectivity index (χ4v) is 2.86. The van der Waals surface area contributed by atoms with Crippen molar-refractivity contribution in [2.45, 2.75) is 6.92 Å². The molecule has 2 heterocycles. The Morgan fingerprint density at radius 2 is 2.21 bits per heavy atom. The number of rotatable bonds is 5. The van der Waals surface area contributed by atoms with Crippen molar-refractivity contribution >= 4 is 22.4 Å². The Labute approximate surface area is 116 Å². The second kappa shape index (κ2) is 6.83. The SMILES string of the molecule is CCOC(=O)c1csc(N2CCN(CCO)CC2)n1. The molecule has 2 rings (SSSR count). The van der Waals surface area contributed by atoms with Crippen LogP contribution in [0.25, 0.3) is 0 Å². The minimum Gasteiger partial charge on any atom is -0.461 e. The largest absolute Gasteiger partial charge is 0.461 e. The van der Waals surface area contributed by atoms with Gasteiger partial charge in [-0.2, -0.15) is 0 Å². The molecule has 0 amide bonds. The van der Waals surface area contributed by atoms with Crippen LogP contribution < -0.4 is 4.90 Å². The fraction of sp³-hybridized carbons (Fsp3) is 0.667. The molecule has 0 aromatic carbocycles. The molecule has 1 aromatic rings. The number of aliphatic hydroxyl groups is 1. The first-order chi connectivity index (χ1) is 9.24. The van der Waals surface area contributed by atoms with Gasteiger partial charge in [0.15, 0.2) is 10.8 Å². The third-order valence-electron chi connectivity index (χ3n) is 3.04. The molecule has 1 aromatic heterocycles. The molecule has 1 fully saturated rings. The lowest BCUT2D eigenvalue weighted by atomic mass is 10.3. The number of nitrogens with zero attached hydrogens (tertiary/aromatic N) is 3. The van der Waals surface area contributed by atoms with Crippen LogP contribution >= 0.6 is 11.3 Å². The van der Waals surface area contributed by atoms with E-state index in [1.807, 2.05) is 0 Å². The lowest BCUT2D eigenvalue weighted by Crippen LogP contribution is -2.47. The summed E-state index contributed by atoms with van der Waals surface area (Å²) in [5.41, 5.74) is 0.389. The summed E-state index contributed by atoms with van der Waals surface area (Å²) in [5.74, 6) is -0.357. The number of piperazine rings is 1. The normalized spacial score (nSPS) is 16.6. The van der Waals surface area contributed by atoms with Crippen molar-refractivity contribution in [3.63, 3.8) is 0 Å². The van der Waals surface area contributed by atoms with E-state index in [9.17, 15) is 4.79 Å². The first kappa shape index (κ1) is 14.2. The molecule has 1 aliphatic rings. The van der Waals surface area contributed by atoms with E-state index in [0.717, 1.165) is 37.9 Å². The molecule has 0 radical (unpaired) electrons. The number of thiazole rings is 1. The number of hydrogen-bond acceptors (Lipinski definition) is 7. The number of β-amino-alcohol motifs (C(OH)–C–C–N with tert-alkyl or cyclic N) is 1. The number of hydrogen-bond donors (Lipinski definition) is 1. The van der Waals surface area contributed by atoms with Crippen LogP contribution in [-0.2, 0) is 4.74 Å². The van der Waals surface area contributed by atoms with Crippen LogP contribution in [0.4, 0.5) is 5.13 Å². The van der Waals surface area contributed by atoms with Crippen molar-refractivity contribution in [2.24, 2.45) is 0 Å². The molecule has 7 heteroatoms. The van der Waals surface area contributed by atoms with E-state index in [1.165, 1.54) is 11.3 Å². The summed E-state index contributed by atoms with van der Waals surface area (Å²) >= 11 is 1.47. The highest BCUT2D eigenvalue weighted by atomic mass is 32.1. The average molecular weight is 285 g/mol. The Balaban J connectivity index is 1.91. The van der Waals surface area contributed by atoms with Crippen LogP contribution in [0.2, 0.25) is 0 Å². The van der Waals surface area contributed by atoms with Crippen LogP contribution in [-0.4, -0.2) is 66.9 Å². The average Bonchev–Trinajstić information content (AvgIpc) is 2.90. The number of aromatic nitrogens is 1. The van der Waals surface area contributed by atoms with E-state index in [-0.39, 0.29) is 12.6 Å². The first-order valence-electron chi connectivity index (χ1n) is 6.45. The lowest BCUT2D eigenvalue weighted by molar-refractivity contribution is 0.0520. The highest BCUT2D eigenvalue weighted by Crippen LogP contribution is 2.22. The lowest BCUT2D eigenvalue weighted by Gasteiger charge is -2.34. The van der Waals surface area contributed by atoms with Crippen molar-refractivity contribution in [1.29, 1.82) is 0 Å². The van der Waals surface area contributed by atoms with E-state index in [4.69, 9.17) is 9.84 Å². The van der Waals surface area contributed by atoms with E-state index in [1.54, 1.807) is 12.3 Å². The highest BCUT2D eigenvalue weighted by molar-refractivity contribution is 7.13. The molecule has 1 N–H and O–H groups in total. The summed E-state index contributed by atoms with van der Waals surface area (Å²) in [6.45, 7) is 6.64. The van der Waals surface area contributed by atoms with Gasteiger partial charge in [-0.15, -0.1) is 11.3 Å². The number of esters is 1. The first-order valence-corrected chi connectivity index (χ1v) is 7.33. The maximum Gasteiger partial charge on any atom is 0.357 e. The number of carbonyl (C=O) groups is 1. The molecule has 19 heavy (non-hydrogen) atoms. The zero-order valence-electron chi connectivity index (χ0n) is 11.0. The molecule has 6 nitrogen and oxygen atoms in total. The Bertz CT molecular complexity index is 416. The van der Waals surface area contributed by atoms with Gasteiger partial charge >= 0.3 is 5.97 Å². The topological polar surface area (TPSA) is 65.9 Å². The minimum absolute atomic E-state index is 0.199. The van der Waals surface area contributed by atoms with Gasteiger partial charge in [0.25, 0.3) is 0 Å². The van der Waals surface area contributed by atoms with Gasteiger partial charge in [-0.1, -0.05) is 0 Å². The monoisotopic (exact) mass is 285 g/mol. The predicted octanol–water partition coefficient (Wildman–Crippen LogP) is 0.434. The summed E-state index contributed by atoms with van der Waals surface area (Å²) in [5, 5.41) is 11.5. The van der Waals surface area contributed by atoms with Gasteiger partial charge in [0.2, 0.25) is 0 Å². The van der Waals surface area contributed by atoms with Crippen molar-refractivity contribution < 1.29 is 14.6 Å². The molecular formula is C12H19N3O3S. The van der Waals surface area contributed by atoms with Crippen LogP contribution in [0.5, 0.6) is 0 Å². The van der Waals surface area contributed by atoms with Gasteiger partial charge in [0, 0.05) is 38.1 Å². The van der Waals surface area contributed by atoms with Crippen molar-refractivity contribution in [3.05, 3.63) is 11.1 Å². The molecule has 0 bridgehead atoms. The predicted molar refractivity (Wildman–Crippen MR) is 73.8 cm³/mol. The standard InChI is InChI=1S/C12H19N3O3S/c1-2-18-11(17)10-9-19-12(13-10)15-5-3-14(4-6-15)7-8-16/h9,16H,2-8H2,1H3. The summed E-state index contributed by atoms with van der Waals surface area (Å²) in [4.78, 5) is 20.3. The Hall–Kier alpha value is -1.18. The summed E-state index contributed by atoms with van der Waals surface area (Å²) in [6.07, 6.45) is 0. The van der Waals surface area contributed by atoms with E-state index in [0.29, 0.717) is 12.3 Å². The van der Waals surface area contributed by atoms with E-state index in [2.05, 4.69) is 14.8 Å². The number of aliphatic hydroxyl groups excluding tert-OH is 1. The van der Waals surface area contributed by atoms with Crippen molar-refractivity contribution in [2.75, 3.05) is 50.8 Å². The Morgan fingerprint density at radius 1 is 1.47 bits per heavy atom. The zero-order valence-corrected chi connectivity index (χ0v) is 11.9. The smallest absolute Gasteiger partial charge is 0.357 e. The minimum atomic E-state index is -0.357. The fourth-order valence-electron chi connectivity index (χ4n) is 2.01. The maximum absolute atomic E-state index is 11.5. The maximum atomic E-state index is 11.5. The van der Waals surface area contributed by atoms with Crippen molar-refractivity contribution in [1.82, 2.24) is 9.88 Å². The van der Waals surface area contributed by atoms with Crippen LogP contribution in [0.1, 0.15) is 17.4 Å². The summed E-state index contributed by atoms with van der Waals surface area (Å²) < 4.78 is 4.93. The zero-order chi connectivity index (χ0) is 13.7. The number of anilines is 1. The highest BCUT2D eigenvalue weighted by Gasteiger charge is 2.20. The molecule has 0 spiro atoms. The number of carbonyl (C=O) groups excluding carboxylic acids is 1. The third kappa shape index (κ3) is 3.65. The molecule has 0 saturated carbocycles. The van der Waals surface area contributed by atoms with Gasteiger partial charge in [-0.05, 0) is 6.92 Å². The van der Waals surface area contributed by atoms with Crippen molar-refractivity contribution in [3.8, 4) is 0 Å². The second-order valence-corrected chi connectivity index (χ2v) is 5.12. The third-order valence-corrected chi connectivity index (χ3v) is 3.94. The number of ether oxygens (including phenoxy) is 1. The molecule has 0 unspecified atom stereocenters. The molecule has 0 atom stereocenters. The van der Waals surface area contributed by atoms with Crippen LogP contribution in [0.3, 0.4) is 0 Å². The Morgan fingerprint density at radius 3 is 2.84 bits per heavy atom. The summed E-state index contributed by atoms with van der Waals surface area (Å²) in [7, 11) is 0. The van der Waals surface area contributed by atoms with Gasteiger partial charge in [-0.25, -0.2) is 9.78 Å².